The number of alkyl halides is 3. The highest BCUT2D eigenvalue weighted by atomic mass is 19.4. The number of nitrogens with zero attached hydrogens (tertiary/aromatic N) is 1. The number of hydrogen-bond acceptors (Lipinski definition) is 3. The number of halogens is 3. The first-order valence-electron chi connectivity index (χ1n) is 7.22. The molecule has 0 aliphatic carbocycles. The van der Waals surface area contributed by atoms with Gasteiger partial charge in [0.05, 0.1) is 19.1 Å². The van der Waals surface area contributed by atoms with Crippen LogP contribution < -0.4 is 10.1 Å². The fraction of sp³-hybridized carbons (Fsp3) is 0.294. The monoisotopic (exact) mass is 338 g/mol. The van der Waals surface area contributed by atoms with E-state index in [-0.39, 0.29) is 30.2 Å². The summed E-state index contributed by atoms with van der Waals surface area (Å²) in [6, 6.07) is 7.19. The van der Waals surface area contributed by atoms with E-state index in [0.717, 1.165) is 11.8 Å². The molecule has 0 fully saturated rings. The van der Waals surface area contributed by atoms with Crippen molar-refractivity contribution < 1.29 is 22.7 Å². The molecule has 1 aromatic heterocycles. The van der Waals surface area contributed by atoms with Crippen molar-refractivity contribution in [2.24, 2.45) is 0 Å². The van der Waals surface area contributed by atoms with Crippen LogP contribution in [0.3, 0.4) is 0 Å². The van der Waals surface area contributed by atoms with Crippen LogP contribution >= 0.6 is 0 Å². The van der Waals surface area contributed by atoms with E-state index in [1.54, 1.807) is 18.3 Å². The zero-order valence-electron chi connectivity index (χ0n) is 13.3. The Morgan fingerprint density at radius 2 is 2.00 bits per heavy atom. The van der Waals surface area contributed by atoms with Gasteiger partial charge in [-0.15, -0.1) is 0 Å². The molecule has 1 amide bonds. The van der Waals surface area contributed by atoms with Crippen molar-refractivity contribution in [2.75, 3.05) is 7.11 Å². The van der Waals surface area contributed by atoms with E-state index in [9.17, 15) is 18.0 Å². The molecule has 0 atom stereocenters. The summed E-state index contributed by atoms with van der Waals surface area (Å²) >= 11 is 0. The fourth-order valence-electron chi connectivity index (χ4n) is 2.15. The molecule has 0 unspecified atom stereocenters. The van der Waals surface area contributed by atoms with E-state index in [1.807, 2.05) is 6.92 Å². The molecular formula is C17H17F3N2O2. The third kappa shape index (κ3) is 4.71. The van der Waals surface area contributed by atoms with Crippen LogP contribution in [-0.2, 0) is 23.9 Å². The maximum Gasteiger partial charge on any atom is 0.416 e. The Hall–Kier alpha value is -2.57. The van der Waals surface area contributed by atoms with Crippen molar-refractivity contribution in [3.63, 3.8) is 0 Å². The van der Waals surface area contributed by atoms with E-state index in [2.05, 4.69) is 10.3 Å². The van der Waals surface area contributed by atoms with Gasteiger partial charge in [-0.05, 0) is 36.2 Å². The number of carbonyl (C=O) groups is 1. The van der Waals surface area contributed by atoms with Gasteiger partial charge in [-0.25, -0.2) is 0 Å². The van der Waals surface area contributed by atoms with Crippen LogP contribution in [0.5, 0.6) is 5.75 Å². The molecule has 1 N–H and O–H groups in total. The van der Waals surface area contributed by atoms with Crippen LogP contribution in [0.15, 0.2) is 36.5 Å². The van der Waals surface area contributed by atoms with Crippen molar-refractivity contribution in [1.82, 2.24) is 10.3 Å². The average molecular weight is 338 g/mol. The van der Waals surface area contributed by atoms with Crippen molar-refractivity contribution in [2.45, 2.75) is 26.1 Å². The lowest BCUT2D eigenvalue weighted by molar-refractivity contribution is -0.138. The van der Waals surface area contributed by atoms with Crippen LogP contribution in [0.4, 0.5) is 13.2 Å². The SMILES string of the molecule is COc1ccc(CNC(=O)Cc2ccc(C)nc2)c(C(F)(F)F)c1. The smallest absolute Gasteiger partial charge is 0.416 e. The van der Waals surface area contributed by atoms with E-state index in [4.69, 9.17) is 4.74 Å². The number of aryl methyl sites for hydroxylation is 1. The average Bonchev–Trinajstić information content (AvgIpc) is 2.54. The Morgan fingerprint density at radius 1 is 1.25 bits per heavy atom. The second kappa shape index (κ2) is 7.33. The first-order valence-corrected chi connectivity index (χ1v) is 7.22. The molecular weight excluding hydrogens is 321 g/mol. The summed E-state index contributed by atoms with van der Waals surface area (Å²) in [5.74, 6) is -0.257. The van der Waals surface area contributed by atoms with Crippen LogP contribution in [-0.4, -0.2) is 18.0 Å². The summed E-state index contributed by atoms with van der Waals surface area (Å²) in [5.41, 5.74) is 0.689. The predicted molar refractivity (Wildman–Crippen MR) is 82.5 cm³/mol. The zero-order valence-corrected chi connectivity index (χ0v) is 13.3. The fourth-order valence-corrected chi connectivity index (χ4v) is 2.15. The summed E-state index contributed by atoms with van der Waals surface area (Å²) in [7, 11) is 1.30. The topological polar surface area (TPSA) is 51.2 Å². The molecule has 0 saturated carbocycles. The molecule has 0 radical (unpaired) electrons. The van der Waals surface area contributed by atoms with Gasteiger partial charge < -0.3 is 10.1 Å². The molecule has 2 rings (SSSR count). The van der Waals surface area contributed by atoms with Gasteiger partial charge in [0, 0.05) is 18.4 Å². The largest absolute Gasteiger partial charge is 0.497 e. The third-order valence-corrected chi connectivity index (χ3v) is 3.44. The van der Waals surface area contributed by atoms with Crippen LogP contribution in [0, 0.1) is 6.92 Å². The maximum atomic E-state index is 13.1. The van der Waals surface area contributed by atoms with Gasteiger partial charge in [0.2, 0.25) is 5.91 Å². The molecule has 0 saturated heterocycles. The van der Waals surface area contributed by atoms with Crippen molar-refractivity contribution in [3.05, 3.63) is 58.9 Å². The molecule has 24 heavy (non-hydrogen) atoms. The van der Waals surface area contributed by atoms with E-state index in [0.29, 0.717) is 5.56 Å². The number of nitrogens with one attached hydrogen (secondary N) is 1. The van der Waals surface area contributed by atoms with Gasteiger partial charge in [-0.1, -0.05) is 12.1 Å². The Morgan fingerprint density at radius 3 is 2.58 bits per heavy atom. The molecule has 1 aromatic carbocycles. The lowest BCUT2D eigenvalue weighted by Gasteiger charge is -2.15. The first kappa shape index (κ1) is 17.8. The maximum absolute atomic E-state index is 13.1. The van der Waals surface area contributed by atoms with E-state index >= 15 is 0 Å². The molecule has 0 aliphatic rings. The zero-order chi connectivity index (χ0) is 17.7. The van der Waals surface area contributed by atoms with Crippen LogP contribution in [0.25, 0.3) is 0 Å². The van der Waals surface area contributed by atoms with Gasteiger partial charge in [-0.2, -0.15) is 13.2 Å². The van der Waals surface area contributed by atoms with Gasteiger partial charge in [0.25, 0.3) is 0 Å². The number of amides is 1. The third-order valence-electron chi connectivity index (χ3n) is 3.44. The summed E-state index contributed by atoms with van der Waals surface area (Å²) in [6.45, 7) is 1.61. The highest BCUT2D eigenvalue weighted by molar-refractivity contribution is 5.78. The lowest BCUT2D eigenvalue weighted by atomic mass is 10.1. The molecule has 2 aromatic rings. The number of rotatable bonds is 5. The van der Waals surface area contributed by atoms with E-state index < -0.39 is 11.7 Å². The summed E-state index contributed by atoms with van der Waals surface area (Å²) in [5, 5.41) is 2.50. The quantitative estimate of drug-likeness (QED) is 0.910. The lowest BCUT2D eigenvalue weighted by Crippen LogP contribution is -2.26. The highest BCUT2D eigenvalue weighted by Crippen LogP contribution is 2.34. The number of aromatic nitrogens is 1. The summed E-state index contributed by atoms with van der Waals surface area (Å²) in [6.07, 6.45) is -2.89. The van der Waals surface area contributed by atoms with Crippen molar-refractivity contribution in [1.29, 1.82) is 0 Å². The molecule has 0 spiro atoms. The molecule has 128 valence electrons. The predicted octanol–water partition coefficient (Wildman–Crippen LogP) is 3.28. The Balaban J connectivity index is 2.05. The summed E-state index contributed by atoms with van der Waals surface area (Å²) in [4.78, 5) is 16.0. The van der Waals surface area contributed by atoms with E-state index in [1.165, 1.54) is 19.2 Å². The minimum Gasteiger partial charge on any atom is -0.497 e. The Labute approximate surface area is 137 Å². The number of ether oxygens (including phenoxy) is 1. The Kier molecular flexibility index (Phi) is 5.43. The second-order valence-electron chi connectivity index (χ2n) is 5.28. The normalized spacial score (nSPS) is 11.2. The van der Waals surface area contributed by atoms with Crippen LogP contribution in [0.1, 0.15) is 22.4 Å². The van der Waals surface area contributed by atoms with Gasteiger partial charge >= 0.3 is 6.18 Å². The minimum atomic E-state index is -4.52. The first-order chi connectivity index (χ1) is 11.3. The standard InChI is InChI=1S/C17H17F3N2O2/c1-11-3-4-12(9-21-11)7-16(23)22-10-13-5-6-14(24-2)8-15(13)17(18,19)20/h3-6,8-9H,7,10H2,1-2H3,(H,22,23). The van der Waals surface area contributed by atoms with Crippen molar-refractivity contribution in [3.8, 4) is 5.75 Å². The number of methoxy groups -OCH3 is 1. The number of hydrogen-bond donors (Lipinski definition) is 1. The van der Waals surface area contributed by atoms with Crippen LogP contribution in [0.2, 0.25) is 0 Å². The molecule has 0 bridgehead atoms. The molecule has 0 aliphatic heterocycles. The second-order valence-corrected chi connectivity index (χ2v) is 5.28. The highest BCUT2D eigenvalue weighted by Gasteiger charge is 2.33. The molecule has 1 heterocycles. The number of pyridine rings is 1. The summed E-state index contributed by atoms with van der Waals surface area (Å²) < 4.78 is 44.1. The minimum absolute atomic E-state index is 0.0151. The van der Waals surface area contributed by atoms with Crippen molar-refractivity contribution >= 4 is 5.91 Å². The van der Waals surface area contributed by atoms with Gasteiger partial charge in [0.1, 0.15) is 5.75 Å². The number of carbonyl (C=O) groups excluding carboxylic acids is 1. The molecule has 4 nitrogen and oxygen atoms in total. The van der Waals surface area contributed by atoms with Gasteiger partial charge in [-0.3, -0.25) is 9.78 Å². The number of benzene rings is 1. The molecule has 7 heteroatoms. The van der Waals surface area contributed by atoms with Gasteiger partial charge in [0.15, 0.2) is 0 Å². The Bertz CT molecular complexity index is 713.